The zero-order valence-electron chi connectivity index (χ0n) is 8.63. The lowest BCUT2D eigenvalue weighted by Gasteiger charge is -1.87. The van der Waals surface area contributed by atoms with Gasteiger partial charge in [0.2, 0.25) is 0 Å². The molecule has 1 rings (SSSR count). The van der Waals surface area contributed by atoms with E-state index in [1.807, 2.05) is 0 Å². The summed E-state index contributed by atoms with van der Waals surface area (Å²) in [5.41, 5.74) is 0. The molecule has 1 aromatic rings. The summed E-state index contributed by atoms with van der Waals surface area (Å²) in [5.74, 6) is 0. The molecule has 0 aromatic carbocycles. The van der Waals surface area contributed by atoms with E-state index >= 15 is 0 Å². The summed E-state index contributed by atoms with van der Waals surface area (Å²) in [6.07, 6.45) is 2.62. The van der Waals surface area contributed by atoms with Crippen LogP contribution in [0.15, 0.2) is 18.5 Å². The average Bonchev–Trinajstić information content (AvgIpc) is 2.34. The molecule has 0 aliphatic carbocycles. The van der Waals surface area contributed by atoms with Crippen LogP contribution in [0, 0.1) is 0 Å². The van der Waals surface area contributed by atoms with Crippen molar-refractivity contribution in [1.29, 1.82) is 0 Å². The molecule has 1 heterocycles. The van der Waals surface area contributed by atoms with Gasteiger partial charge in [0.15, 0.2) is 0 Å². The lowest BCUT2D eigenvalue weighted by atomic mass is 10.7. The van der Waals surface area contributed by atoms with Gasteiger partial charge in [-0.15, -0.1) is 0 Å². The van der Waals surface area contributed by atoms with Gasteiger partial charge < -0.3 is 0 Å². The largest absolute Gasteiger partial charge is 0.273 e. The minimum atomic E-state index is -2.70. The van der Waals surface area contributed by atoms with Crippen LogP contribution in [0.25, 0.3) is 0 Å². The molecular weight excluding hydrogens is 88.1 g/mol. The van der Waals surface area contributed by atoms with Crippen molar-refractivity contribution in [2.24, 2.45) is 0 Å². The Morgan fingerprint density at radius 2 is 3.14 bits per heavy atom. The van der Waals surface area contributed by atoms with Crippen molar-refractivity contribution in [3.8, 4) is 0 Å². The predicted octanol–water partition coefficient (Wildman–Crippen LogP) is 0.903. The molecule has 0 unspecified atom stereocenters. The molecule has 2 heteroatoms. The van der Waals surface area contributed by atoms with E-state index in [4.69, 9.17) is 6.85 Å². The van der Waals surface area contributed by atoms with Gasteiger partial charge >= 0.3 is 0 Å². The van der Waals surface area contributed by atoms with Gasteiger partial charge in [0.05, 0.1) is 2.74 Å². The topological polar surface area (TPSA) is 17.8 Å². The third kappa shape index (κ3) is 0.796. The smallest absolute Gasteiger partial charge is 0.0512 e. The number of hydrogen-bond acceptors (Lipinski definition) is 1. The fraction of sp³-hybridized carbons (Fsp3) is 0.400. The van der Waals surface area contributed by atoms with Gasteiger partial charge in [0, 0.05) is 23.0 Å². The number of nitrogens with zero attached hydrogens (tertiary/aromatic N) is 2. The fourth-order valence-electron chi connectivity index (χ4n) is 0.335. The van der Waals surface area contributed by atoms with E-state index in [2.05, 4.69) is 5.10 Å². The molecule has 0 bridgehead atoms. The van der Waals surface area contributed by atoms with E-state index < -0.39 is 13.3 Å². The first-order chi connectivity index (χ1) is 5.36. The van der Waals surface area contributed by atoms with Gasteiger partial charge in [-0.3, -0.25) is 4.68 Å². The second-order valence-electron chi connectivity index (χ2n) is 1.06. The molecule has 0 radical (unpaired) electrons. The highest BCUT2D eigenvalue weighted by atomic mass is 15.2. The van der Waals surface area contributed by atoms with Crippen LogP contribution >= 0.6 is 0 Å². The second-order valence-corrected chi connectivity index (χ2v) is 1.06. The van der Waals surface area contributed by atoms with Crippen LogP contribution < -0.4 is 0 Å². The predicted molar refractivity (Wildman–Crippen MR) is 27.9 cm³/mol. The minimum absolute atomic E-state index is 0.792. The van der Waals surface area contributed by atoms with Gasteiger partial charge in [-0.2, -0.15) is 5.10 Å². The molecule has 0 aliphatic heterocycles. The van der Waals surface area contributed by atoms with Crippen molar-refractivity contribution in [1.82, 2.24) is 9.78 Å². The molecule has 0 saturated heterocycles. The van der Waals surface area contributed by atoms with Gasteiger partial charge in [-0.1, -0.05) is 0 Å². The first-order valence-electron chi connectivity index (χ1n) is 4.36. The summed E-state index contributed by atoms with van der Waals surface area (Å²) in [6.45, 7) is -5.13. The zero-order valence-corrected chi connectivity index (χ0v) is 3.63. The summed E-state index contributed by atoms with van der Waals surface area (Å²) in [6, 6.07) is 1.48. The number of hydrogen-bond donors (Lipinski definition) is 0. The summed E-state index contributed by atoms with van der Waals surface area (Å²) in [7, 11) is 0. The Hall–Kier alpha value is -0.790. The monoisotopic (exact) mass is 101 g/mol. The highest BCUT2D eigenvalue weighted by Gasteiger charge is 1.77. The first kappa shape index (κ1) is 1.34. The van der Waals surface area contributed by atoms with Crippen molar-refractivity contribution >= 4 is 0 Å². The molecule has 38 valence electrons. The van der Waals surface area contributed by atoms with E-state index in [0.717, 1.165) is 4.68 Å². The molecule has 0 amide bonds. The second kappa shape index (κ2) is 1.78. The summed E-state index contributed by atoms with van der Waals surface area (Å²) in [4.78, 5) is 0. The molecule has 0 fully saturated rings. The van der Waals surface area contributed by atoms with E-state index in [9.17, 15) is 0 Å². The molecular formula is C5H8N2. The molecule has 1 aromatic heterocycles. The molecule has 0 N–H and O–H groups in total. The average molecular weight is 101 g/mol. The molecule has 7 heavy (non-hydrogen) atoms. The van der Waals surface area contributed by atoms with Crippen LogP contribution in [-0.2, 0) is 6.50 Å². The molecule has 0 aliphatic rings. The molecule has 0 spiro atoms. The third-order valence-electron chi connectivity index (χ3n) is 0.619. The van der Waals surface area contributed by atoms with Crippen molar-refractivity contribution in [2.45, 2.75) is 13.3 Å². The van der Waals surface area contributed by atoms with Crippen molar-refractivity contribution in [3.05, 3.63) is 18.5 Å². The quantitative estimate of drug-likeness (QED) is 0.514. The van der Waals surface area contributed by atoms with Gasteiger partial charge in [-0.25, -0.2) is 0 Å². The Labute approximate surface area is 49.8 Å². The Morgan fingerprint density at radius 1 is 2.14 bits per heavy atom. The van der Waals surface area contributed by atoms with Crippen LogP contribution in [0.2, 0.25) is 0 Å². The molecule has 0 saturated carbocycles. The Morgan fingerprint density at radius 3 is 3.71 bits per heavy atom. The lowest BCUT2D eigenvalue weighted by molar-refractivity contribution is 0.660. The van der Waals surface area contributed by atoms with E-state index in [0.29, 0.717) is 0 Å². The maximum atomic E-state index is 7.24. The van der Waals surface area contributed by atoms with Crippen LogP contribution in [0.1, 0.15) is 13.7 Å². The van der Waals surface area contributed by atoms with Gasteiger partial charge in [-0.05, 0) is 12.9 Å². The highest BCUT2D eigenvalue weighted by Crippen LogP contribution is 1.79. The maximum Gasteiger partial charge on any atom is 0.0512 e. The van der Waals surface area contributed by atoms with Crippen molar-refractivity contribution in [2.75, 3.05) is 0 Å². The van der Waals surface area contributed by atoms with E-state index in [-0.39, 0.29) is 0 Å². The van der Waals surface area contributed by atoms with Gasteiger partial charge in [0.1, 0.15) is 0 Å². The molecule has 0 atom stereocenters. The Bertz CT molecular complexity index is 249. The van der Waals surface area contributed by atoms with Gasteiger partial charge in [0.25, 0.3) is 0 Å². The zero-order chi connectivity index (χ0) is 9.41. The lowest BCUT2D eigenvalue weighted by Crippen LogP contribution is -1.91. The van der Waals surface area contributed by atoms with Crippen LogP contribution in [0.5, 0.6) is 0 Å². The number of rotatable bonds is 1. The van der Waals surface area contributed by atoms with Crippen LogP contribution in [0.4, 0.5) is 0 Å². The summed E-state index contributed by atoms with van der Waals surface area (Å²) in [5, 5.41) is 3.54. The van der Waals surface area contributed by atoms with E-state index in [1.54, 1.807) is 0 Å². The third-order valence-corrected chi connectivity index (χ3v) is 0.619. The maximum absolute atomic E-state index is 7.24. The Balaban J connectivity index is 3.02. The van der Waals surface area contributed by atoms with Crippen molar-refractivity contribution in [3.63, 3.8) is 0 Å². The van der Waals surface area contributed by atoms with Crippen LogP contribution in [0.3, 0.4) is 0 Å². The minimum Gasteiger partial charge on any atom is -0.273 e. The van der Waals surface area contributed by atoms with Crippen LogP contribution in [-0.4, -0.2) is 9.78 Å². The summed E-state index contributed by atoms with van der Waals surface area (Å²) >= 11 is 0. The number of aromatic nitrogens is 2. The standard InChI is InChI=1S/C5H8N2/c1-2-7-5-3-4-6-7/h3-5H,2H2,1H3/i1D3,2D2. The fourth-order valence-corrected chi connectivity index (χ4v) is 0.335. The summed E-state index contributed by atoms with van der Waals surface area (Å²) < 4.78 is 36.0. The number of aryl methyl sites for hydroxylation is 1. The normalized spacial score (nSPS) is 23.7. The highest BCUT2D eigenvalue weighted by molar-refractivity contribution is 4.76. The molecule has 2 nitrogen and oxygen atoms in total. The Kier molecular flexibility index (Phi) is 0.340. The van der Waals surface area contributed by atoms with Crippen molar-refractivity contribution < 1.29 is 6.85 Å². The van der Waals surface area contributed by atoms with E-state index in [1.165, 1.54) is 18.5 Å². The first-order valence-corrected chi connectivity index (χ1v) is 1.86. The SMILES string of the molecule is [2H]C([2H])([2H])C([2H])([2H])n1cccn1.